The normalized spacial score (nSPS) is 15.9. The summed E-state index contributed by atoms with van der Waals surface area (Å²) in [5.41, 5.74) is 1.01. The molecule has 0 atom stereocenters. The molecule has 1 amide bonds. The van der Waals surface area contributed by atoms with Gasteiger partial charge in [0.2, 0.25) is 5.91 Å². The highest BCUT2D eigenvalue weighted by molar-refractivity contribution is 9.10. The van der Waals surface area contributed by atoms with Crippen molar-refractivity contribution in [1.82, 2.24) is 4.90 Å². The second-order valence-corrected chi connectivity index (χ2v) is 4.44. The predicted molar refractivity (Wildman–Crippen MR) is 65.7 cm³/mol. The first kappa shape index (κ1) is 11.4. The van der Waals surface area contributed by atoms with Crippen LogP contribution in [0.25, 0.3) is 6.08 Å². The number of halogens is 1. The fourth-order valence-electron chi connectivity index (χ4n) is 1.43. The molecule has 1 aromatic carbocycles. The van der Waals surface area contributed by atoms with E-state index in [0.717, 1.165) is 10.0 Å². The summed E-state index contributed by atoms with van der Waals surface area (Å²) in [6.45, 7) is 1.73. The van der Waals surface area contributed by atoms with E-state index >= 15 is 0 Å². The smallest absolute Gasteiger partial charge is 0.248 e. The van der Waals surface area contributed by atoms with Crippen LogP contribution in [-0.4, -0.2) is 30.7 Å². The van der Waals surface area contributed by atoms with E-state index in [4.69, 9.17) is 4.74 Å². The summed E-state index contributed by atoms with van der Waals surface area (Å²) in [5, 5.41) is 0. The van der Waals surface area contributed by atoms with Gasteiger partial charge in [-0.05, 0) is 23.8 Å². The van der Waals surface area contributed by atoms with Crippen molar-refractivity contribution < 1.29 is 9.53 Å². The Bertz CT molecular complexity index is 394. The lowest BCUT2D eigenvalue weighted by Gasteiger charge is -2.09. The molecule has 1 saturated heterocycles. The second-order valence-electron chi connectivity index (χ2n) is 3.52. The summed E-state index contributed by atoms with van der Waals surface area (Å²) in [6.07, 6.45) is 3.39. The van der Waals surface area contributed by atoms with Gasteiger partial charge >= 0.3 is 0 Å². The minimum atomic E-state index is 0.000388. The van der Waals surface area contributed by atoms with Crippen LogP contribution in [0.2, 0.25) is 0 Å². The molecule has 1 fully saturated rings. The van der Waals surface area contributed by atoms with E-state index in [-0.39, 0.29) is 5.91 Å². The average molecular weight is 282 g/mol. The van der Waals surface area contributed by atoms with Crippen molar-refractivity contribution in [3.05, 3.63) is 40.4 Å². The number of carbonyl (C=O) groups excluding carboxylic acids is 1. The van der Waals surface area contributed by atoms with E-state index < -0.39 is 0 Å². The lowest BCUT2D eigenvalue weighted by molar-refractivity contribution is -0.126. The number of rotatable bonds is 2. The van der Waals surface area contributed by atoms with Crippen LogP contribution in [0.5, 0.6) is 0 Å². The Morgan fingerprint density at radius 2 is 2.12 bits per heavy atom. The van der Waals surface area contributed by atoms with Gasteiger partial charge in [0.05, 0.1) is 6.61 Å². The molecule has 0 N–H and O–H groups in total. The van der Waals surface area contributed by atoms with Gasteiger partial charge in [-0.15, -0.1) is 0 Å². The van der Waals surface area contributed by atoms with Gasteiger partial charge in [-0.2, -0.15) is 0 Å². The Morgan fingerprint density at radius 1 is 1.38 bits per heavy atom. The lowest BCUT2D eigenvalue weighted by Crippen LogP contribution is -2.26. The van der Waals surface area contributed by atoms with Gasteiger partial charge in [0.25, 0.3) is 0 Å². The number of benzene rings is 1. The Kier molecular flexibility index (Phi) is 3.74. The minimum Gasteiger partial charge on any atom is -0.359 e. The Labute approximate surface area is 103 Å². The van der Waals surface area contributed by atoms with Gasteiger partial charge < -0.3 is 9.64 Å². The van der Waals surface area contributed by atoms with Crippen molar-refractivity contribution in [3.8, 4) is 0 Å². The number of hydrogen-bond donors (Lipinski definition) is 0. The monoisotopic (exact) mass is 281 g/mol. The van der Waals surface area contributed by atoms with Gasteiger partial charge in [-0.3, -0.25) is 4.79 Å². The van der Waals surface area contributed by atoms with E-state index in [2.05, 4.69) is 15.9 Å². The first-order valence-electron chi connectivity index (χ1n) is 5.06. The van der Waals surface area contributed by atoms with E-state index in [9.17, 15) is 4.79 Å². The third-order valence-corrected chi connectivity index (χ3v) is 2.88. The molecule has 1 aliphatic heterocycles. The largest absolute Gasteiger partial charge is 0.359 e. The highest BCUT2D eigenvalue weighted by Crippen LogP contribution is 2.11. The summed E-state index contributed by atoms with van der Waals surface area (Å²) < 4.78 is 6.14. The van der Waals surface area contributed by atoms with Crippen LogP contribution in [0.15, 0.2) is 34.8 Å². The molecule has 0 bridgehead atoms. The van der Waals surface area contributed by atoms with Crippen molar-refractivity contribution >= 4 is 27.9 Å². The molecule has 2 rings (SSSR count). The van der Waals surface area contributed by atoms with Crippen LogP contribution in [0.1, 0.15) is 5.56 Å². The zero-order valence-electron chi connectivity index (χ0n) is 8.73. The standard InChI is InChI=1S/C12H12BrNO2/c13-11-4-1-10(2-5-11)3-6-12(15)14-7-8-16-9-14/h1-6H,7-9H2/b6-3+. The average Bonchev–Trinajstić information content (AvgIpc) is 2.81. The predicted octanol–water partition coefficient (Wildman–Crippen LogP) is 2.28. The van der Waals surface area contributed by atoms with E-state index in [1.165, 1.54) is 0 Å². The Balaban J connectivity index is 1.97. The van der Waals surface area contributed by atoms with Crippen LogP contribution < -0.4 is 0 Å². The molecule has 0 spiro atoms. The fourth-order valence-corrected chi connectivity index (χ4v) is 1.70. The molecule has 3 nitrogen and oxygen atoms in total. The third-order valence-electron chi connectivity index (χ3n) is 2.35. The Hall–Kier alpha value is -1.13. The van der Waals surface area contributed by atoms with Crippen LogP contribution in [0.3, 0.4) is 0 Å². The quantitative estimate of drug-likeness (QED) is 0.779. The Morgan fingerprint density at radius 3 is 2.75 bits per heavy atom. The SMILES string of the molecule is O=C(/C=C/c1ccc(Br)cc1)N1CCOC1. The van der Waals surface area contributed by atoms with Crippen LogP contribution in [0, 0.1) is 0 Å². The summed E-state index contributed by atoms with van der Waals surface area (Å²) in [7, 11) is 0. The number of hydrogen-bond acceptors (Lipinski definition) is 2. The number of carbonyl (C=O) groups is 1. The van der Waals surface area contributed by atoms with E-state index in [0.29, 0.717) is 19.9 Å². The molecule has 0 unspecified atom stereocenters. The molecule has 1 aliphatic rings. The molecule has 0 aliphatic carbocycles. The molecule has 84 valence electrons. The zero-order chi connectivity index (χ0) is 11.4. The first-order chi connectivity index (χ1) is 7.75. The molecule has 0 aromatic heterocycles. The van der Waals surface area contributed by atoms with Crippen molar-refractivity contribution in [3.63, 3.8) is 0 Å². The van der Waals surface area contributed by atoms with Gasteiger partial charge in [0.1, 0.15) is 6.73 Å². The fraction of sp³-hybridized carbons (Fsp3) is 0.250. The van der Waals surface area contributed by atoms with E-state index in [1.54, 1.807) is 11.0 Å². The van der Waals surface area contributed by atoms with Crippen LogP contribution in [-0.2, 0) is 9.53 Å². The second kappa shape index (κ2) is 5.27. The van der Waals surface area contributed by atoms with Crippen molar-refractivity contribution in [2.45, 2.75) is 0 Å². The molecule has 0 radical (unpaired) electrons. The maximum absolute atomic E-state index is 11.6. The van der Waals surface area contributed by atoms with Crippen molar-refractivity contribution in [1.29, 1.82) is 0 Å². The number of ether oxygens (including phenoxy) is 1. The molecule has 0 saturated carbocycles. The summed E-state index contributed by atoms with van der Waals surface area (Å²) in [4.78, 5) is 13.3. The minimum absolute atomic E-state index is 0.000388. The van der Waals surface area contributed by atoms with Crippen molar-refractivity contribution in [2.24, 2.45) is 0 Å². The molecule has 1 aromatic rings. The molecular formula is C12H12BrNO2. The highest BCUT2D eigenvalue weighted by Gasteiger charge is 2.15. The first-order valence-corrected chi connectivity index (χ1v) is 5.85. The molecule has 16 heavy (non-hydrogen) atoms. The topological polar surface area (TPSA) is 29.5 Å². The molecule has 4 heteroatoms. The highest BCUT2D eigenvalue weighted by atomic mass is 79.9. The van der Waals surface area contributed by atoms with Gasteiger partial charge in [-0.25, -0.2) is 0 Å². The van der Waals surface area contributed by atoms with Crippen LogP contribution >= 0.6 is 15.9 Å². The summed E-state index contributed by atoms with van der Waals surface area (Å²) >= 11 is 3.36. The molecular weight excluding hydrogens is 270 g/mol. The number of nitrogens with zero attached hydrogens (tertiary/aromatic N) is 1. The summed E-state index contributed by atoms with van der Waals surface area (Å²) in [6, 6.07) is 7.80. The summed E-state index contributed by atoms with van der Waals surface area (Å²) in [5.74, 6) is 0.000388. The zero-order valence-corrected chi connectivity index (χ0v) is 10.3. The molecule has 1 heterocycles. The van der Waals surface area contributed by atoms with Crippen LogP contribution in [0.4, 0.5) is 0 Å². The van der Waals surface area contributed by atoms with E-state index in [1.807, 2.05) is 30.3 Å². The third kappa shape index (κ3) is 2.93. The van der Waals surface area contributed by atoms with Gasteiger partial charge in [0, 0.05) is 17.1 Å². The van der Waals surface area contributed by atoms with Crippen molar-refractivity contribution in [2.75, 3.05) is 19.9 Å². The van der Waals surface area contributed by atoms with Gasteiger partial charge in [0.15, 0.2) is 0 Å². The maximum Gasteiger partial charge on any atom is 0.248 e. The van der Waals surface area contributed by atoms with Gasteiger partial charge in [-0.1, -0.05) is 28.1 Å². The maximum atomic E-state index is 11.6. The number of amides is 1. The lowest BCUT2D eigenvalue weighted by atomic mass is 10.2.